The molecule has 1 atom stereocenters. The number of amides is 1. The van der Waals surface area contributed by atoms with Gasteiger partial charge in [-0.3, -0.25) is 5.32 Å². The highest BCUT2D eigenvalue weighted by molar-refractivity contribution is 6.30. The number of nitrogens with one attached hydrogen (secondary N) is 2. The zero-order chi connectivity index (χ0) is 25.2. The van der Waals surface area contributed by atoms with E-state index in [1.54, 1.807) is 12.1 Å². The van der Waals surface area contributed by atoms with Crippen LogP contribution in [0.25, 0.3) is 10.9 Å². The van der Waals surface area contributed by atoms with Gasteiger partial charge in [0.05, 0.1) is 18.7 Å². The minimum atomic E-state index is -0.538. The monoisotopic (exact) mass is 517 g/mol. The number of nitrogens with zero attached hydrogens (tertiary/aromatic N) is 3. The molecule has 1 aromatic heterocycles. The molecular weight excluding hydrogens is 490 g/mol. The number of rotatable bonds is 7. The van der Waals surface area contributed by atoms with Crippen LogP contribution in [0.4, 0.5) is 20.5 Å². The Morgan fingerprint density at radius 1 is 1.19 bits per heavy atom. The standard InChI is InChI=1S/C25H27ClF2N6O2/c1-36-22-12-21-17(11-19(22)28)23(30-13-14-2-3-15(26)10-18(14)27)33-25(32-21)34-8-5-16(6-9-34)31-24(35)20-4-7-29-20/h2-3,10-12,16,20,29H,4-9,13H2,1H3,(H,31,35)(H,30,32,33)/p+1. The second-order valence-electron chi connectivity index (χ2n) is 9.15. The van der Waals surface area contributed by atoms with Gasteiger partial charge in [0.2, 0.25) is 5.95 Å². The minimum Gasteiger partial charge on any atom is -0.494 e. The van der Waals surface area contributed by atoms with E-state index in [9.17, 15) is 13.6 Å². The second kappa shape index (κ2) is 10.5. The molecule has 0 bridgehead atoms. The Labute approximate surface area is 212 Å². The van der Waals surface area contributed by atoms with Crippen molar-refractivity contribution in [1.29, 1.82) is 0 Å². The van der Waals surface area contributed by atoms with Gasteiger partial charge in [0.1, 0.15) is 17.7 Å². The maximum atomic E-state index is 14.5. The molecule has 4 N–H and O–H groups in total. The van der Waals surface area contributed by atoms with Gasteiger partial charge >= 0.3 is 5.91 Å². The maximum absolute atomic E-state index is 14.5. The lowest BCUT2D eigenvalue weighted by Gasteiger charge is -2.32. The minimum absolute atomic E-state index is 0.0265. The molecule has 2 aliphatic rings. The normalized spacial score (nSPS) is 18.2. The maximum Gasteiger partial charge on any atom is 0.327 e. The average Bonchev–Trinajstić information content (AvgIpc) is 2.82. The first-order chi connectivity index (χ1) is 17.4. The molecular formula is C25H28ClF2N6O2+. The summed E-state index contributed by atoms with van der Waals surface area (Å²) in [5.74, 6) is 0.164. The molecule has 2 saturated heterocycles. The largest absolute Gasteiger partial charge is 0.494 e. The molecule has 0 saturated carbocycles. The van der Waals surface area contributed by atoms with Crippen molar-refractivity contribution < 1.29 is 23.6 Å². The van der Waals surface area contributed by atoms with E-state index in [2.05, 4.69) is 25.5 Å². The van der Waals surface area contributed by atoms with E-state index in [4.69, 9.17) is 16.3 Å². The summed E-state index contributed by atoms with van der Waals surface area (Å²) in [5.41, 5.74) is 0.918. The summed E-state index contributed by atoms with van der Waals surface area (Å²) in [7, 11) is 1.40. The van der Waals surface area contributed by atoms with Gasteiger partial charge in [0.15, 0.2) is 11.6 Å². The fourth-order valence-electron chi connectivity index (χ4n) is 4.54. The van der Waals surface area contributed by atoms with Crippen LogP contribution in [0, 0.1) is 11.6 Å². The molecule has 1 amide bonds. The van der Waals surface area contributed by atoms with E-state index in [0.717, 1.165) is 25.8 Å². The molecule has 11 heteroatoms. The Morgan fingerprint density at radius 3 is 2.64 bits per heavy atom. The molecule has 5 rings (SSSR count). The van der Waals surface area contributed by atoms with Gasteiger partial charge in [-0.2, -0.15) is 4.98 Å². The summed E-state index contributed by atoms with van der Waals surface area (Å²) >= 11 is 5.86. The smallest absolute Gasteiger partial charge is 0.327 e. The van der Waals surface area contributed by atoms with Crippen LogP contribution >= 0.6 is 11.6 Å². The van der Waals surface area contributed by atoms with Crippen LogP contribution in [0.15, 0.2) is 30.3 Å². The third-order valence-corrected chi connectivity index (χ3v) is 7.04. The molecule has 8 nitrogen and oxygen atoms in total. The van der Waals surface area contributed by atoms with Crippen molar-refractivity contribution in [2.24, 2.45) is 0 Å². The number of piperidine rings is 1. The van der Waals surface area contributed by atoms with Crippen molar-refractivity contribution >= 4 is 40.2 Å². The van der Waals surface area contributed by atoms with E-state index in [1.165, 1.54) is 25.3 Å². The van der Waals surface area contributed by atoms with Crippen molar-refractivity contribution in [2.45, 2.75) is 37.9 Å². The molecule has 2 aromatic carbocycles. The number of anilines is 2. The number of halogens is 3. The number of nitrogens with two attached hydrogens (primary N) is 1. The number of hydrogen-bond donors (Lipinski definition) is 3. The van der Waals surface area contributed by atoms with E-state index in [-0.39, 0.29) is 30.3 Å². The zero-order valence-corrected chi connectivity index (χ0v) is 20.6. The zero-order valence-electron chi connectivity index (χ0n) is 19.9. The second-order valence-corrected chi connectivity index (χ2v) is 9.59. The van der Waals surface area contributed by atoms with Gasteiger partial charge in [0.25, 0.3) is 0 Å². The van der Waals surface area contributed by atoms with E-state index < -0.39 is 11.6 Å². The molecule has 3 aromatic rings. The number of ether oxygens (including phenoxy) is 1. The molecule has 2 fully saturated rings. The molecule has 190 valence electrons. The lowest BCUT2D eigenvalue weighted by Crippen LogP contribution is -2.97. The third kappa shape index (κ3) is 5.21. The highest BCUT2D eigenvalue weighted by Gasteiger charge is 2.32. The van der Waals surface area contributed by atoms with Gasteiger partial charge in [0, 0.05) is 54.5 Å². The van der Waals surface area contributed by atoms with Crippen molar-refractivity contribution in [1.82, 2.24) is 15.3 Å². The summed E-state index contributed by atoms with van der Waals surface area (Å²) in [6, 6.07) is 7.51. The number of methoxy groups -OCH3 is 1. The van der Waals surface area contributed by atoms with Gasteiger partial charge in [-0.1, -0.05) is 17.7 Å². The summed E-state index contributed by atoms with van der Waals surface area (Å²) < 4.78 is 34.0. The van der Waals surface area contributed by atoms with Gasteiger partial charge in [-0.15, -0.1) is 0 Å². The first-order valence-corrected chi connectivity index (χ1v) is 12.4. The van der Waals surface area contributed by atoms with E-state index >= 15 is 0 Å². The number of fused-ring (bicyclic) bond motifs is 1. The summed E-state index contributed by atoms with van der Waals surface area (Å²) in [4.78, 5) is 23.7. The highest BCUT2D eigenvalue weighted by atomic mass is 35.5. The predicted octanol–water partition coefficient (Wildman–Crippen LogP) is 2.60. The highest BCUT2D eigenvalue weighted by Crippen LogP contribution is 2.30. The van der Waals surface area contributed by atoms with Crippen molar-refractivity contribution in [2.75, 3.05) is 37.0 Å². The fraction of sp³-hybridized carbons (Fsp3) is 0.400. The lowest BCUT2D eigenvalue weighted by atomic mass is 10.0. The van der Waals surface area contributed by atoms with Crippen LogP contribution in [0.3, 0.4) is 0 Å². The van der Waals surface area contributed by atoms with Crippen LogP contribution in [0.5, 0.6) is 5.75 Å². The predicted molar refractivity (Wildman–Crippen MR) is 133 cm³/mol. The SMILES string of the molecule is COc1cc2nc(N3CCC([NH2+]C(=O)C4CCN4)CC3)nc(NCc3ccc(Cl)cc3F)c2cc1F. The number of benzene rings is 2. The molecule has 2 aliphatic heterocycles. The van der Waals surface area contributed by atoms with Crippen LogP contribution in [-0.2, 0) is 11.3 Å². The molecule has 0 aliphatic carbocycles. The molecule has 0 radical (unpaired) electrons. The van der Waals surface area contributed by atoms with Crippen molar-refractivity contribution in [3.8, 4) is 5.75 Å². The van der Waals surface area contributed by atoms with Gasteiger partial charge in [-0.05, 0) is 31.2 Å². The lowest BCUT2D eigenvalue weighted by molar-refractivity contribution is -0.609. The van der Waals surface area contributed by atoms with Crippen LogP contribution in [0.2, 0.25) is 5.02 Å². The Kier molecular flexibility index (Phi) is 7.17. The molecule has 1 unspecified atom stereocenters. The Bertz CT molecular complexity index is 1280. The average molecular weight is 518 g/mol. The van der Waals surface area contributed by atoms with Crippen LogP contribution in [-0.4, -0.2) is 54.7 Å². The summed E-state index contributed by atoms with van der Waals surface area (Å²) in [6.07, 6.45) is 2.52. The van der Waals surface area contributed by atoms with Crippen molar-refractivity contribution in [3.63, 3.8) is 0 Å². The number of primary amides is 1. The number of carbonyl (C=O) groups is 1. The Balaban J connectivity index is 1.37. The van der Waals surface area contributed by atoms with E-state index in [1.807, 2.05) is 5.32 Å². The van der Waals surface area contributed by atoms with Gasteiger partial charge < -0.3 is 20.3 Å². The third-order valence-electron chi connectivity index (χ3n) is 6.81. The number of aromatic nitrogens is 2. The fourth-order valence-corrected chi connectivity index (χ4v) is 4.70. The summed E-state index contributed by atoms with van der Waals surface area (Å²) in [6.45, 7) is 2.40. The van der Waals surface area contributed by atoms with Gasteiger partial charge in [-0.25, -0.2) is 18.6 Å². The van der Waals surface area contributed by atoms with E-state index in [0.29, 0.717) is 46.3 Å². The quantitative estimate of drug-likeness (QED) is 0.443. The topological polar surface area (TPSA) is 96.0 Å². The Hall–Kier alpha value is -3.08. The number of quaternary nitrogens is 1. The molecule has 3 heterocycles. The van der Waals surface area contributed by atoms with Crippen LogP contribution < -0.4 is 25.6 Å². The molecule has 36 heavy (non-hydrogen) atoms. The number of hydrogen-bond acceptors (Lipinski definition) is 7. The van der Waals surface area contributed by atoms with Crippen LogP contribution in [0.1, 0.15) is 24.8 Å². The summed E-state index contributed by atoms with van der Waals surface area (Å²) in [5, 5.41) is 8.93. The molecule has 0 spiro atoms. The number of carbonyl (C=O) groups excluding carboxylic acids is 1. The van der Waals surface area contributed by atoms with Crippen molar-refractivity contribution in [3.05, 3.63) is 52.6 Å². The first-order valence-electron chi connectivity index (χ1n) is 12.0. The first kappa shape index (κ1) is 24.6. The Morgan fingerprint density at radius 2 is 1.97 bits per heavy atom.